The Labute approximate surface area is 196 Å². The molecule has 33 heavy (non-hydrogen) atoms. The Bertz CT molecular complexity index is 1150. The van der Waals surface area contributed by atoms with Crippen LogP contribution in [0.4, 0.5) is 20.7 Å². The van der Waals surface area contributed by atoms with Crippen molar-refractivity contribution in [3.8, 4) is 5.69 Å². The summed E-state index contributed by atoms with van der Waals surface area (Å²) in [6.45, 7) is 0.457. The summed E-state index contributed by atoms with van der Waals surface area (Å²) >= 11 is 0. The molecule has 2 aliphatic rings. The van der Waals surface area contributed by atoms with Crippen molar-refractivity contribution < 1.29 is 18.7 Å². The van der Waals surface area contributed by atoms with Gasteiger partial charge in [-0.05, 0) is 49.9 Å². The molecule has 1 aromatic carbocycles. The van der Waals surface area contributed by atoms with Crippen LogP contribution < -0.4 is 10.2 Å². The zero-order chi connectivity index (χ0) is 22.1. The summed E-state index contributed by atoms with van der Waals surface area (Å²) < 4.78 is 21.1. The second-order valence-electron chi connectivity index (χ2n) is 8.21. The standard InChI is InChI=1S/C23H22FN5O3.ClH/c24-18-5-1-2-6-19(18)29-13-9-20(27-29)26-21(30)16-7-10-23(11-8-16)15-28(22(31)32-23)17-4-3-12-25-14-17;/h1-6,9,12-14,16H,7-8,10-11,15H2,(H,26,27,30);1H. The van der Waals surface area contributed by atoms with Gasteiger partial charge in [0, 0.05) is 24.4 Å². The Balaban J connectivity index is 0.00000259. The first-order chi connectivity index (χ1) is 15.5. The van der Waals surface area contributed by atoms with Crippen molar-refractivity contribution in [2.75, 3.05) is 16.8 Å². The number of amides is 2. The fourth-order valence-corrected chi connectivity index (χ4v) is 4.39. The minimum atomic E-state index is -0.573. The van der Waals surface area contributed by atoms with Crippen LogP contribution in [0, 0.1) is 11.7 Å². The molecule has 5 rings (SSSR count). The highest BCUT2D eigenvalue weighted by Gasteiger charge is 2.48. The number of aromatic nitrogens is 3. The maximum atomic E-state index is 14.0. The molecule has 2 fully saturated rings. The predicted molar refractivity (Wildman–Crippen MR) is 122 cm³/mol. The van der Waals surface area contributed by atoms with Crippen molar-refractivity contribution in [3.63, 3.8) is 0 Å². The smallest absolute Gasteiger partial charge is 0.415 e. The topological polar surface area (TPSA) is 89.4 Å². The highest BCUT2D eigenvalue weighted by atomic mass is 35.5. The van der Waals surface area contributed by atoms with Gasteiger partial charge in [0.25, 0.3) is 0 Å². The van der Waals surface area contributed by atoms with Crippen LogP contribution in [0.5, 0.6) is 0 Å². The molecule has 1 saturated carbocycles. The number of anilines is 2. The van der Waals surface area contributed by atoms with Crippen LogP contribution in [0.25, 0.3) is 5.69 Å². The van der Waals surface area contributed by atoms with Crippen LogP contribution in [-0.2, 0) is 9.53 Å². The number of nitrogens with zero attached hydrogens (tertiary/aromatic N) is 4. The average molecular weight is 472 g/mol. The van der Waals surface area contributed by atoms with Crippen LogP contribution in [0.2, 0.25) is 0 Å². The van der Waals surface area contributed by atoms with E-state index >= 15 is 0 Å². The zero-order valence-corrected chi connectivity index (χ0v) is 18.5. The summed E-state index contributed by atoms with van der Waals surface area (Å²) in [6, 6.07) is 11.6. The number of nitrogens with one attached hydrogen (secondary N) is 1. The molecular weight excluding hydrogens is 449 g/mol. The summed E-state index contributed by atoms with van der Waals surface area (Å²) in [4.78, 5) is 30.8. The molecule has 3 heterocycles. The Morgan fingerprint density at radius 2 is 1.94 bits per heavy atom. The van der Waals surface area contributed by atoms with Gasteiger partial charge in [0.1, 0.15) is 17.1 Å². The van der Waals surface area contributed by atoms with E-state index in [9.17, 15) is 14.0 Å². The van der Waals surface area contributed by atoms with Gasteiger partial charge in [0.05, 0.1) is 18.4 Å². The van der Waals surface area contributed by atoms with E-state index in [1.54, 1.807) is 53.8 Å². The first kappa shape index (κ1) is 22.7. The van der Waals surface area contributed by atoms with Crippen LogP contribution in [0.3, 0.4) is 0 Å². The van der Waals surface area contributed by atoms with Gasteiger partial charge in [-0.2, -0.15) is 0 Å². The normalized spacial score (nSPS) is 22.0. The predicted octanol–water partition coefficient (Wildman–Crippen LogP) is 4.35. The van der Waals surface area contributed by atoms with E-state index in [1.165, 1.54) is 10.7 Å². The number of hydrogen-bond donors (Lipinski definition) is 1. The van der Waals surface area contributed by atoms with Crippen LogP contribution in [-0.4, -0.2) is 38.9 Å². The van der Waals surface area contributed by atoms with Crippen molar-refractivity contribution in [2.45, 2.75) is 31.3 Å². The SMILES string of the molecule is Cl.O=C(Nc1ccn(-c2ccccc2F)n1)C1CCC2(CC1)CN(c1cccnc1)C(=O)O2. The van der Waals surface area contributed by atoms with Gasteiger partial charge < -0.3 is 10.1 Å². The molecule has 2 aromatic heterocycles. The molecule has 1 spiro atoms. The molecule has 0 radical (unpaired) electrons. The fraction of sp³-hybridized carbons (Fsp3) is 0.304. The van der Waals surface area contributed by atoms with Gasteiger partial charge in [-0.1, -0.05) is 12.1 Å². The Morgan fingerprint density at radius 3 is 2.67 bits per heavy atom. The summed E-state index contributed by atoms with van der Waals surface area (Å²) in [5, 5.41) is 7.09. The monoisotopic (exact) mass is 471 g/mol. The molecule has 1 aliphatic carbocycles. The van der Waals surface area contributed by atoms with Gasteiger partial charge >= 0.3 is 6.09 Å². The van der Waals surface area contributed by atoms with Crippen molar-refractivity contribution in [2.24, 2.45) is 5.92 Å². The quantitative estimate of drug-likeness (QED) is 0.611. The maximum Gasteiger partial charge on any atom is 0.415 e. The number of rotatable bonds is 4. The number of carbonyl (C=O) groups is 2. The number of benzene rings is 1. The van der Waals surface area contributed by atoms with E-state index in [1.807, 2.05) is 6.07 Å². The minimum Gasteiger partial charge on any atom is -0.441 e. The van der Waals surface area contributed by atoms with Gasteiger partial charge in [-0.3, -0.25) is 14.7 Å². The zero-order valence-electron chi connectivity index (χ0n) is 17.7. The number of halogens is 2. The second kappa shape index (κ2) is 9.19. The van der Waals surface area contributed by atoms with Crippen LogP contribution in [0.1, 0.15) is 25.7 Å². The highest BCUT2D eigenvalue weighted by molar-refractivity contribution is 5.92. The molecule has 0 unspecified atom stereocenters. The lowest BCUT2D eigenvalue weighted by molar-refractivity contribution is -0.122. The molecule has 2 amide bonds. The summed E-state index contributed by atoms with van der Waals surface area (Å²) in [6.07, 6.45) is 6.95. The van der Waals surface area contributed by atoms with E-state index in [2.05, 4.69) is 15.4 Å². The highest BCUT2D eigenvalue weighted by Crippen LogP contribution is 2.41. The van der Waals surface area contributed by atoms with E-state index in [-0.39, 0.29) is 30.3 Å². The number of carbonyl (C=O) groups excluding carboxylic acids is 2. The number of para-hydroxylation sites is 1. The van der Waals surface area contributed by atoms with Crippen LogP contribution >= 0.6 is 12.4 Å². The first-order valence-corrected chi connectivity index (χ1v) is 10.5. The second-order valence-corrected chi connectivity index (χ2v) is 8.21. The van der Waals surface area contributed by atoms with Gasteiger partial charge in [-0.25, -0.2) is 13.9 Å². The molecule has 172 valence electrons. The fourth-order valence-electron chi connectivity index (χ4n) is 4.39. The van der Waals surface area contributed by atoms with Crippen LogP contribution in [0.15, 0.2) is 61.1 Å². The van der Waals surface area contributed by atoms with Gasteiger partial charge in [-0.15, -0.1) is 17.5 Å². The number of pyridine rings is 1. The van der Waals surface area contributed by atoms with E-state index in [0.29, 0.717) is 49.4 Å². The molecule has 1 saturated heterocycles. The summed E-state index contributed by atoms with van der Waals surface area (Å²) in [7, 11) is 0. The van der Waals surface area contributed by atoms with E-state index in [4.69, 9.17) is 4.74 Å². The lowest BCUT2D eigenvalue weighted by Gasteiger charge is -2.34. The third-order valence-electron chi connectivity index (χ3n) is 6.14. The molecule has 8 nitrogen and oxygen atoms in total. The molecule has 1 N–H and O–H groups in total. The number of ether oxygens (including phenoxy) is 1. The maximum absolute atomic E-state index is 14.0. The number of hydrogen-bond acceptors (Lipinski definition) is 5. The van der Waals surface area contributed by atoms with Crippen molar-refractivity contribution in [1.29, 1.82) is 0 Å². The first-order valence-electron chi connectivity index (χ1n) is 10.5. The van der Waals surface area contributed by atoms with Crippen molar-refractivity contribution in [1.82, 2.24) is 14.8 Å². The molecule has 0 bridgehead atoms. The Morgan fingerprint density at radius 1 is 1.15 bits per heavy atom. The molecule has 10 heteroatoms. The average Bonchev–Trinajstić information content (AvgIpc) is 3.39. The Kier molecular flexibility index (Phi) is 6.33. The molecule has 1 aliphatic heterocycles. The lowest BCUT2D eigenvalue weighted by Crippen LogP contribution is -2.41. The minimum absolute atomic E-state index is 0. The van der Waals surface area contributed by atoms with Crippen molar-refractivity contribution in [3.05, 3.63) is 66.9 Å². The third kappa shape index (κ3) is 4.54. The third-order valence-corrected chi connectivity index (χ3v) is 6.14. The molecule has 0 atom stereocenters. The van der Waals surface area contributed by atoms with E-state index in [0.717, 1.165) is 0 Å². The molecule has 3 aromatic rings. The summed E-state index contributed by atoms with van der Waals surface area (Å²) in [5.41, 5.74) is 0.448. The summed E-state index contributed by atoms with van der Waals surface area (Å²) in [5.74, 6) is -0.358. The lowest BCUT2D eigenvalue weighted by atomic mass is 9.78. The van der Waals surface area contributed by atoms with Gasteiger partial charge in [0.15, 0.2) is 5.82 Å². The molecular formula is C23H23ClFN5O3. The van der Waals surface area contributed by atoms with Gasteiger partial charge in [0.2, 0.25) is 5.91 Å². The Hall–Kier alpha value is -3.46. The van der Waals surface area contributed by atoms with Crippen molar-refractivity contribution >= 4 is 35.9 Å². The largest absolute Gasteiger partial charge is 0.441 e. The van der Waals surface area contributed by atoms with E-state index < -0.39 is 11.4 Å².